The SMILES string of the molecule is CS(=O)(=O)c1ccc(-c2cnn(-c3cccc(Cl)c3)c(=O)c2OC2C3CC32)cc1. The van der Waals surface area contributed by atoms with E-state index in [2.05, 4.69) is 5.10 Å². The standard InChI is InChI=1S/C21H17ClN2O4S/c1-29(26,27)15-7-5-12(6-8-15)18-11-23-24(14-4-2-3-13(22)9-14)21(25)20(18)28-19-16-10-17(16)19/h2-9,11,16-17,19H,10H2,1H3. The number of fused-ring (bicyclic) bond motifs is 1. The average molecular weight is 429 g/mol. The van der Waals surface area contributed by atoms with E-state index < -0.39 is 9.84 Å². The van der Waals surface area contributed by atoms with E-state index in [1.807, 2.05) is 0 Å². The molecule has 2 aliphatic rings. The van der Waals surface area contributed by atoms with E-state index in [0.29, 0.717) is 33.7 Å². The van der Waals surface area contributed by atoms with Gasteiger partial charge in [0, 0.05) is 28.7 Å². The lowest BCUT2D eigenvalue weighted by molar-refractivity contribution is 0.242. The summed E-state index contributed by atoms with van der Waals surface area (Å²) in [7, 11) is -3.30. The smallest absolute Gasteiger partial charge is 0.314 e. The van der Waals surface area contributed by atoms with Crippen LogP contribution in [0.3, 0.4) is 0 Å². The second-order valence-corrected chi connectivity index (χ2v) is 9.98. The van der Waals surface area contributed by atoms with E-state index in [1.165, 1.54) is 16.8 Å². The maximum Gasteiger partial charge on any atom is 0.314 e. The average Bonchev–Trinajstić information content (AvgIpc) is 3.58. The van der Waals surface area contributed by atoms with Crippen molar-refractivity contribution in [3.05, 3.63) is 70.1 Å². The number of rotatable bonds is 5. The first-order valence-corrected chi connectivity index (χ1v) is 11.5. The molecule has 2 fully saturated rings. The van der Waals surface area contributed by atoms with Crippen LogP contribution in [-0.2, 0) is 9.84 Å². The molecule has 2 aromatic carbocycles. The lowest BCUT2D eigenvalue weighted by Crippen LogP contribution is -2.25. The molecule has 6 nitrogen and oxygen atoms in total. The van der Waals surface area contributed by atoms with Crippen LogP contribution < -0.4 is 10.3 Å². The van der Waals surface area contributed by atoms with Crippen molar-refractivity contribution in [1.29, 1.82) is 0 Å². The molecule has 2 atom stereocenters. The Morgan fingerprint density at radius 3 is 2.45 bits per heavy atom. The molecule has 0 saturated heterocycles. The number of aromatic nitrogens is 2. The van der Waals surface area contributed by atoms with Gasteiger partial charge in [-0.25, -0.2) is 8.42 Å². The minimum atomic E-state index is -3.30. The monoisotopic (exact) mass is 428 g/mol. The van der Waals surface area contributed by atoms with E-state index >= 15 is 0 Å². The summed E-state index contributed by atoms with van der Waals surface area (Å²) in [6.45, 7) is 0. The van der Waals surface area contributed by atoms with E-state index in [4.69, 9.17) is 16.3 Å². The summed E-state index contributed by atoms with van der Waals surface area (Å²) in [5, 5.41) is 4.81. The second kappa shape index (κ2) is 6.43. The predicted molar refractivity (Wildman–Crippen MR) is 109 cm³/mol. The fraction of sp³-hybridized carbons (Fsp3) is 0.238. The van der Waals surface area contributed by atoms with Crippen LogP contribution in [0.5, 0.6) is 5.75 Å². The predicted octanol–water partition coefficient (Wildman–Crippen LogP) is 3.35. The third kappa shape index (κ3) is 3.34. The third-order valence-electron chi connectivity index (χ3n) is 5.43. The minimum absolute atomic E-state index is 0.0759. The highest BCUT2D eigenvalue weighted by Gasteiger charge is 2.67. The highest BCUT2D eigenvalue weighted by atomic mass is 35.5. The molecule has 1 heterocycles. The summed E-state index contributed by atoms with van der Waals surface area (Å²) in [5.74, 6) is 1.31. The van der Waals surface area contributed by atoms with Crippen LogP contribution in [0.2, 0.25) is 5.02 Å². The van der Waals surface area contributed by atoms with Gasteiger partial charge in [0.05, 0.1) is 16.8 Å². The maximum atomic E-state index is 13.2. The molecule has 0 amide bonds. The first-order chi connectivity index (χ1) is 13.8. The molecule has 2 saturated carbocycles. The van der Waals surface area contributed by atoms with Crippen molar-refractivity contribution in [2.45, 2.75) is 17.4 Å². The molecule has 148 valence electrons. The summed E-state index contributed by atoms with van der Waals surface area (Å²) in [6, 6.07) is 13.3. The Balaban J connectivity index is 1.61. The number of sulfone groups is 1. The Bertz CT molecular complexity index is 1280. The van der Waals surface area contributed by atoms with Gasteiger partial charge in [0.25, 0.3) is 0 Å². The van der Waals surface area contributed by atoms with Crippen LogP contribution in [0, 0.1) is 11.8 Å². The zero-order chi connectivity index (χ0) is 20.3. The lowest BCUT2D eigenvalue weighted by Gasteiger charge is -2.15. The zero-order valence-electron chi connectivity index (χ0n) is 15.4. The molecule has 1 aromatic heterocycles. The number of hydrogen-bond donors (Lipinski definition) is 0. The van der Waals surface area contributed by atoms with Crippen molar-refractivity contribution in [2.75, 3.05) is 6.26 Å². The van der Waals surface area contributed by atoms with Crippen molar-refractivity contribution >= 4 is 21.4 Å². The van der Waals surface area contributed by atoms with Gasteiger partial charge in [-0.2, -0.15) is 9.78 Å². The largest absolute Gasteiger partial charge is 0.483 e. The molecule has 29 heavy (non-hydrogen) atoms. The summed E-state index contributed by atoms with van der Waals surface area (Å²) >= 11 is 6.06. The highest BCUT2D eigenvalue weighted by Crippen LogP contribution is 2.64. The van der Waals surface area contributed by atoms with Gasteiger partial charge in [0.1, 0.15) is 6.10 Å². The van der Waals surface area contributed by atoms with Crippen LogP contribution in [-0.4, -0.2) is 30.6 Å². The van der Waals surface area contributed by atoms with Crippen LogP contribution in [0.25, 0.3) is 16.8 Å². The molecule has 0 spiro atoms. The number of hydrogen-bond acceptors (Lipinski definition) is 5. The molecule has 2 unspecified atom stereocenters. The van der Waals surface area contributed by atoms with E-state index in [9.17, 15) is 13.2 Å². The molecular formula is C21H17ClN2O4S. The van der Waals surface area contributed by atoms with Crippen LogP contribution >= 0.6 is 11.6 Å². The number of halogens is 1. The summed E-state index contributed by atoms with van der Waals surface area (Å²) < 4.78 is 30.8. The molecule has 3 aromatic rings. The minimum Gasteiger partial charge on any atom is -0.483 e. The van der Waals surface area contributed by atoms with Crippen molar-refractivity contribution in [1.82, 2.24) is 9.78 Å². The van der Waals surface area contributed by atoms with Gasteiger partial charge in [0.15, 0.2) is 15.6 Å². The Hall–Kier alpha value is -2.64. The van der Waals surface area contributed by atoms with Gasteiger partial charge in [0.2, 0.25) is 0 Å². The summed E-state index contributed by atoms with van der Waals surface area (Å²) in [4.78, 5) is 13.4. The van der Waals surface area contributed by atoms with Gasteiger partial charge >= 0.3 is 5.56 Å². The summed E-state index contributed by atoms with van der Waals surface area (Å²) in [6.07, 6.45) is 3.95. The molecule has 0 N–H and O–H groups in total. The Labute approximate surface area is 172 Å². The zero-order valence-corrected chi connectivity index (χ0v) is 17.0. The normalized spacial score (nSPS) is 22.1. The highest BCUT2D eigenvalue weighted by molar-refractivity contribution is 7.90. The number of benzene rings is 2. The van der Waals surface area contributed by atoms with Crippen molar-refractivity contribution in [3.63, 3.8) is 0 Å². The summed E-state index contributed by atoms with van der Waals surface area (Å²) in [5.41, 5.74) is 1.39. The first kappa shape index (κ1) is 18.4. The topological polar surface area (TPSA) is 78.3 Å². The van der Waals surface area contributed by atoms with E-state index in [1.54, 1.807) is 42.6 Å². The molecule has 0 aliphatic heterocycles. The van der Waals surface area contributed by atoms with Crippen molar-refractivity contribution < 1.29 is 13.2 Å². The lowest BCUT2D eigenvalue weighted by atomic mass is 10.1. The molecule has 0 radical (unpaired) electrons. The Morgan fingerprint density at radius 2 is 1.86 bits per heavy atom. The van der Waals surface area contributed by atoms with Crippen molar-refractivity contribution in [2.24, 2.45) is 11.8 Å². The molecule has 8 heteroatoms. The molecule has 0 bridgehead atoms. The van der Waals surface area contributed by atoms with Gasteiger partial charge in [-0.05, 0) is 42.3 Å². The fourth-order valence-electron chi connectivity index (χ4n) is 3.46. The maximum absolute atomic E-state index is 13.2. The van der Waals surface area contributed by atoms with E-state index in [-0.39, 0.29) is 22.3 Å². The number of ether oxygens (including phenoxy) is 1. The van der Waals surface area contributed by atoms with E-state index in [0.717, 1.165) is 12.7 Å². The van der Waals surface area contributed by atoms with Crippen LogP contribution in [0.15, 0.2) is 64.4 Å². The fourth-order valence-corrected chi connectivity index (χ4v) is 4.27. The first-order valence-electron chi connectivity index (χ1n) is 9.18. The second-order valence-electron chi connectivity index (χ2n) is 7.53. The molecule has 2 aliphatic carbocycles. The van der Waals surface area contributed by atoms with Crippen LogP contribution in [0.4, 0.5) is 0 Å². The Kier molecular flexibility index (Phi) is 4.08. The number of nitrogens with zero attached hydrogens (tertiary/aromatic N) is 2. The Morgan fingerprint density at radius 1 is 1.14 bits per heavy atom. The molecular weight excluding hydrogens is 412 g/mol. The molecule has 5 rings (SSSR count). The van der Waals surface area contributed by atoms with Gasteiger partial charge in [-0.15, -0.1) is 0 Å². The van der Waals surface area contributed by atoms with Crippen LogP contribution in [0.1, 0.15) is 6.42 Å². The van der Waals surface area contributed by atoms with Crippen molar-refractivity contribution in [3.8, 4) is 22.6 Å². The third-order valence-corrected chi connectivity index (χ3v) is 6.79. The van der Waals surface area contributed by atoms with Gasteiger partial charge in [-0.3, -0.25) is 4.79 Å². The quantitative estimate of drug-likeness (QED) is 0.622. The van der Waals surface area contributed by atoms with Gasteiger partial charge < -0.3 is 4.74 Å². The van der Waals surface area contributed by atoms with Gasteiger partial charge in [-0.1, -0.05) is 29.8 Å².